The molecule has 0 aromatic carbocycles. The van der Waals surface area contributed by atoms with Gasteiger partial charge in [-0.05, 0) is 62.4 Å². The molecule has 0 spiro atoms. The number of carbonyl (C=O) groups excluding carboxylic acids is 3. The summed E-state index contributed by atoms with van der Waals surface area (Å²) >= 11 is 0. The zero-order valence-corrected chi connectivity index (χ0v) is 15.4. The molecule has 1 aliphatic heterocycles. The number of piperazine rings is 1. The average molecular weight is 359 g/mol. The lowest BCUT2D eigenvalue weighted by atomic mass is 9.49. The zero-order valence-electron chi connectivity index (χ0n) is 15.4. The van der Waals surface area contributed by atoms with Crippen molar-refractivity contribution in [3.8, 4) is 0 Å². The lowest BCUT2D eigenvalue weighted by molar-refractivity contribution is -0.160. The zero-order chi connectivity index (χ0) is 18.3. The van der Waals surface area contributed by atoms with Crippen LogP contribution in [0.1, 0.15) is 38.5 Å². The lowest BCUT2D eigenvalue weighted by Gasteiger charge is -2.57. The van der Waals surface area contributed by atoms with Gasteiger partial charge in [0.25, 0.3) is 0 Å². The highest BCUT2D eigenvalue weighted by atomic mass is 16.2. The van der Waals surface area contributed by atoms with Gasteiger partial charge < -0.3 is 15.1 Å². The van der Waals surface area contributed by atoms with E-state index in [1.54, 1.807) is 4.90 Å². The van der Waals surface area contributed by atoms with Crippen LogP contribution in [0.25, 0.3) is 0 Å². The monoisotopic (exact) mass is 359 g/mol. The maximum absolute atomic E-state index is 13.3. The number of nitrogens with zero attached hydrogens (tertiary/aromatic N) is 2. The fourth-order valence-corrected chi connectivity index (χ4v) is 6.21. The van der Waals surface area contributed by atoms with Crippen LogP contribution in [0.3, 0.4) is 0 Å². The summed E-state index contributed by atoms with van der Waals surface area (Å²) in [4.78, 5) is 40.5. The van der Waals surface area contributed by atoms with Gasteiger partial charge in [0, 0.05) is 26.2 Å². The van der Waals surface area contributed by atoms with Crippen LogP contribution in [0.4, 0.5) is 0 Å². The van der Waals surface area contributed by atoms with Crippen molar-refractivity contribution in [2.24, 2.45) is 23.2 Å². The van der Waals surface area contributed by atoms with Crippen molar-refractivity contribution >= 4 is 17.7 Å². The van der Waals surface area contributed by atoms with Gasteiger partial charge in [-0.25, -0.2) is 0 Å². The van der Waals surface area contributed by atoms with E-state index in [2.05, 4.69) is 11.9 Å². The smallest absolute Gasteiger partial charge is 0.243 e. The molecular formula is C20H29N3O3. The number of amides is 3. The second kappa shape index (κ2) is 6.71. The molecule has 6 nitrogen and oxygen atoms in total. The quantitative estimate of drug-likeness (QED) is 0.766. The van der Waals surface area contributed by atoms with Crippen LogP contribution < -0.4 is 5.32 Å². The van der Waals surface area contributed by atoms with Crippen LogP contribution in [0.5, 0.6) is 0 Å². The van der Waals surface area contributed by atoms with E-state index in [0.717, 1.165) is 43.1 Å². The van der Waals surface area contributed by atoms with E-state index in [-0.39, 0.29) is 23.8 Å². The highest BCUT2D eigenvalue weighted by Gasteiger charge is 2.55. The van der Waals surface area contributed by atoms with E-state index in [4.69, 9.17) is 0 Å². The molecule has 0 atom stereocenters. The first-order valence-electron chi connectivity index (χ1n) is 9.96. The Balaban J connectivity index is 1.32. The molecule has 1 heterocycles. The molecule has 5 aliphatic rings. The molecule has 3 amide bonds. The second-order valence-corrected chi connectivity index (χ2v) is 8.79. The van der Waals surface area contributed by atoms with Gasteiger partial charge in [0.05, 0.1) is 12.0 Å². The van der Waals surface area contributed by atoms with Gasteiger partial charge in [0.15, 0.2) is 0 Å². The van der Waals surface area contributed by atoms with Gasteiger partial charge in [-0.15, -0.1) is 0 Å². The Bertz CT molecular complexity index is 587. The van der Waals surface area contributed by atoms with Crippen LogP contribution in [0, 0.1) is 23.2 Å². The molecule has 0 radical (unpaired) electrons. The van der Waals surface area contributed by atoms with Crippen molar-refractivity contribution in [3.05, 3.63) is 12.7 Å². The first kappa shape index (κ1) is 17.6. The topological polar surface area (TPSA) is 69.7 Å². The molecule has 4 aliphatic carbocycles. The Morgan fingerprint density at radius 1 is 0.923 bits per heavy atom. The molecule has 0 aromatic rings. The van der Waals surface area contributed by atoms with Crippen LogP contribution in [0.15, 0.2) is 12.7 Å². The highest BCUT2D eigenvalue weighted by Crippen LogP contribution is 2.60. The van der Waals surface area contributed by atoms with Gasteiger partial charge in [0.2, 0.25) is 17.7 Å². The van der Waals surface area contributed by atoms with Crippen molar-refractivity contribution in [3.63, 3.8) is 0 Å². The number of hydrogen-bond donors (Lipinski definition) is 1. The summed E-state index contributed by atoms with van der Waals surface area (Å²) in [7, 11) is 0. The van der Waals surface area contributed by atoms with E-state index < -0.39 is 0 Å². The largest absolute Gasteiger partial charge is 0.343 e. The van der Waals surface area contributed by atoms with Crippen molar-refractivity contribution in [1.29, 1.82) is 0 Å². The summed E-state index contributed by atoms with van der Waals surface area (Å²) in [6, 6.07) is 0. The van der Waals surface area contributed by atoms with Crippen LogP contribution in [0.2, 0.25) is 0 Å². The molecule has 5 rings (SSSR count). The summed E-state index contributed by atoms with van der Waals surface area (Å²) in [6.45, 7) is 5.71. The van der Waals surface area contributed by atoms with Gasteiger partial charge in [-0.2, -0.15) is 0 Å². The van der Waals surface area contributed by atoms with Crippen molar-refractivity contribution in [2.45, 2.75) is 38.5 Å². The Morgan fingerprint density at radius 3 is 1.92 bits per heavy atom. The third kappa shape index (κ3) is 3.14. The van der Waals surface area contributed by atoms with Gasteiger partial charge in [-0.3, -0.25) is 14.4 Å². The maximum atomic E-state index is 13.3. The molecule has 4 saturated carbocycles. The normalized spacial score (nSPS) is 35.3. The van der Waals surface area contributed by atoms with E-state index in [1.165, 1.54) is 19.3 Å². The Morgan fingerprint density at radius 2 is 1.42 bits per heavy atom. The molecule has 4 bridgehead atoms. The minimum atomic E-state index is -0.339. The number of carbonyl (C=O) groups is 3. The SMILES string of the molecule is C=CC(=O)NCC(=O)N1CCN(C(=O)C23CC4CC(CC(C4)C2)C3)CC1. The van der Waals surface area contributed by atoms with E-state index >= 15 is 0 Å². The molecule has 5 fully saturated rings. The first-order valence-corrected chi connectivity index (χ1v) is 9.96. The Kier molecular flexibility index (Phi) is 4.53. The third-order valence-corrected chi connectivity index (χ3v) is 7.01. The number of hydrogen-bond acceptors (Lipinski definition) is 3. The second-order valence-electron chi connectivity index (χ2n) is 8.79. The van der Waals surface area contributed by atoms with Crippen molar-refractivity contribution in [2.75, 3.05) is 32.7 Å². The fourth-order valence-electron chi connectivity index (χ4n) is 6.21. The lowest BCUT2D eigenvalue weighted by Crippen LogP contribution is -2.59. The van der Waals surface area contributed by atoms with Crippen molar-refractivity contribution in [1.82, 2.24) is 15.1 Å². The Labute approximate surface area is 155 Å². The molecule has 0 aromatic heterocycles. The summed E-state index contributed by atoms with van der Waals surface area (Å²) in [5.74, 6) is 2.21. The van der Waals surface area contributed by atoms with Gasteiger partial charge in [0.1, 0.15) is 0 Å². The molecule has 26 heavy (non-hydrogen) atoms. The highest BCUT2D eigenvalue weighted by molar-refractivity contribution is 5.91. The van der Waals surface area contributed by atoms with E-state index in [1.807, 2.05) is 4.90 Å². The summed E-state index contributed by atoms with van der Waals surface area (Å²) in [5, 5.41) is 2.52. The van der Waals surface area contributed by atoms with Crippen LogP contribution >= 0.6 is 0 Å². The van der Waals surface area contributed by atoms with E-state index in [0.29, 0.717) is 32.1 Å². The predicted octanol–water partition coefficient (Wildman–Crippen LogP) is 1.18. The standard InChI is InChI=1S/C20H29N3O3/c1-2-17(24)21-13-18(25)22-3-5-23(6-4-22)19(26)20-10-14-7-15(11-20)9-16(8-14)12-20/h2,14-16H,1,3-13H2,(H,21,24). The minimum absolute atomic E-state index is 0.00617. The summed E-state index contributed by atoms with van der Waals surface area (Å²) < 4.78 is 0. The van der Waals surface area contributed by atoms with Gasteiger partial charge in [-0.1, -0.05) is 6.58 Å². The molecule has 1 saturated heterocycles. The molecule has 6 heteroatoms. The average Bonchev–Trinajstić information content (AvgIpc) is 2.64. The molecule has 0 unspecified atom stereocenters. The summed E-state index contributed by atoms with van der Waals surface area (Å²) in [6.07, 6.45) is 8.44. The Hall–Kier alpha value is -1.85. The first-order chi connectivity index (χ1) is 12.5. The molecule has 142 valence electrons. The van der Waals surface area contributed by atoms with Crippen LogP contribution in [-0.4, -0.2) is 60.2 Å². The predicted molar refractivity (Wildman–Crippen MR) is 97.0 cm³/mol. The maximum Gasteiger partial charge on any atom is 0.243 e. The molecular weight excluding hydrogens is 330 g/mol. The number of rotatable bonds is 4. The fraction of sp³-hybridized carbons (Fsp3) is 0.750. The van der Waals surface area contributed by atoms with Crippen LogP contribution in [-0.2, 0) is 14.4 Å². The van der Waals surface area contributed by atoms with Gasteiger partial charge >= 0.3 is 0 Å². The minimum Gasteiger partial charge on any atom is -0.343 e. The van der Waals surface area contributed by atoms with E-state index in [9.17, 15) is 14.4 Å². The number of nitrogens with one attached hydrogen (secondary N) is 1. The summed E-state index contributed by atoms with van der Waals surface area (Å²) in [5.41, 5.74) is -0.0983. The molecule has 1 N–H and O–H groups in total. The third-order valence-electron chi connectivity index (χ3n) is 7.01. The van der Waals surface area contributed by atoms with Crippen molar-refractivity contribution < 1.29 is 14.4 Å².